The average Bonchev–Trinajstić information content (AvgIpc) is 3.04. The molecule has 0 aromatic carbocycles. The number of hydrogen-bond donors (Lipinski definition) is 1. The maximum Gasteiger partial charge on any atom is 0.472 e. The van der Waals surface area contributed by atoms with Crippen molar-refractivity contribution < 1.29 is 42.1 Å². The van der Waals surface area contributed by atoms with E-state index in [0.717, 1.165) is 32.1 Å². The molecule has 0 aromatic rings. The van der Waals surface area contributed by atoms with Gasteiger partial charge in [0.2, 0.25) is 0 Å². The summed E-state index contributed by atoms with van der Waals surface area (Å²) in [5, 5.41) is 0. The van der Waals surface area contributed by atoms with Gasteiger partial charge in [0.05, 0.1) is 27.7 Å². The SMILES string of the molecule is CCCCCCCCCCC/C=C\CCC(=O)OC(COC(=O)CCCCCCCCCCCCCC)COP(=O)(O)OCC[N+](C)(C)C. The van der Waals surface area contributed by atoms with Gasteiger partial charge < -0.3 is 18.9 Å². The van der Waals surface area contributed by atoms with E-state index in [-0.39, 0.29) is 32.0 Å². The Morgan fingerprint density at radius 2 is 1.08 bits per heavy atom. The highest BCUT2D eigenvalue weighted by atomic mass is 31.2. The smallest absolute Gasteiger partial charge is 0.462 e. The van der Waals surface area contributed by atoms with Crippen LogP contribution in [0.2, 0.25) is 0 Å². The number of allylic oxidation sites excluding steroid dienone is 2. The Kier molecular flexibility index (Phi) is 31.8. The third-order valence-electron chi connectivity index (χ3n) is 8.56. The number of phosphoric ester groups is 1. The van der Waals surface area contributed by atoms with Crippen LogP contribution in [0.1, 0.15) is 174 Å². The maximum absolute atomic E-state index is 12.6. The first kappa shape index (κ1) is 47.8. The molecule has 0 bridgehead atoms. The molecular formula is C39H77NO8P+. The number of phosphoric acid groups is 1. The Balaban J connectivity index is 4.45. The van der Waals surface area contributed by atoms with Gasteiger partial charge in [0.15, 0.2) is 6.10 Å². The van der Waals surface area contributed by atoms with E-state index >= 15 is 0 Å². The molecule has 2 atom stereocenters. The van der Waals surface area contributed by atoms with Gasteiger partial charge >= 0.3 is 19.8 Å². The minimum absolute atomic E-state index is 0.0289. The summed E-state index contributed by atoms with van der Waals surface area (Å²) in [5.74, 6) is -0.851. The first-order valence-corrected chi connectivity index (χ1v) is 21.4. The van der Waals surface area contributed by atoms with Gasteiger partial charge in [0.1, 0.15) is 19.8 Å². The summed E-state index contributed by atoms with van der Waals surface area (Å²) in [4.78, 5) is 35.1. The summed E-state index contributed by atoms with van der Waals surface area (Å²) >= 11 is 0. The van der Waals surface area contributed by atoms with E-state index in [1.54, 1.807) is 0 Å². The summed E-state index contributed by atoms with van der Waals surface area (Å²) in [6, 6.07) is 0. The Hall–Kier alpha value is -1.25. The predicted molar refractivity (Wildman–Crippen MR) is 201 cm³/mol. The molecule has 0 saturated heterocycles. The molecule has 0 aliphatic heterocycles. The fraction of sp³-hybridized carbons (Fsp3) is 0.897. The number of rotatable bonds is 36. The van der Waals surface area contributed by atoms with Gasteiger partial charge in [-0.15, -0.1) is 0 Å². The third kappa shape index (κ3) is 36.3. The van der Waals surface area contributed by atoms with Crippen LogP contribution < -0.4 is 0 Å². The average molecular weight is 719 g/mol. The number of hydrogen-bond acceptors (Lipinski definition) is 7. The minimum Gasteiger partial charge on any atom is -0.462 e. The van der Waals surface area contributed by atoms with Gasteiger partial charge in [0.25, 0.3) is 0 Å². The van der Waals surface area contributed by atoms with Crippen molar-refractivity contribution in [1.82, 2.24) is 0 Å². The van der Waals surface area contributed by atoms with Gasteiger partial charge in [-0.05, 0) is 25.7 Å². The molecule has 0 rings (SSSR count). The number of carbonyl (C=O) groups excluding carboxylic acids is 2. The Morgan fingerprint density at radius 3 is 1.59 bits per heavy atom. The van der Waals surface area contributed by atoms with E-state index in [0.29, 0.717) is 17.4 Å². The van der Waals surface area contributed by atoms with E-state index in [1.807, 2.05) is 27.2 Å². The van der Waals surface area contributed by atoms with Crippen molar-refractivity contribution in [3.63, 3.8) is 0 Å². The highest BCUT2D eigenvalue weighted by Crippen LogP contribution is 2.43. The topological polar surface area (TPSA) is 108 Å². The lowest BCUT2D eigenvalue weighted by atomic mass is 10.0. The number of unbranched alkanes of at least 4 members (excludes halogenated alkanes) is 20. The van der Waals surface area contributed by atoms with E-state index in [4.69, 9.17) is 18.5 Å². The Morgan fingerprint density at radius 1 is 0.612 bits per heavy atom. The quantitative estimate of drug-likeness (QED) is 0.0224. The van der Waals surface area contributed by atoms with Gasteiger partial charge in [-0.1, -0.05) is 148 Å². The zero-order valence-corrected chi connectivity index (χ0v) is 33.3. The third-order valence-corrected chi connectivity index (χ3v) is 9.54. The highest BCUT2D eigenvalue weighted by Gasteiger charge is 2.27. The molecule has 0 heterocycles. The van der Waals surface area contributed by atoms with Crippen molar-refractivity contribution in [2.45, 2.75) is 180 Å². The number of quaternary nitrogens is 1. The van der Waals surface area contributed by atoms with Crippen molar-refractivity contribution >= 4 is 19.8 Å². The number of carbonyl (C=O) groups is 2. The van der Waals surface area contributed by atoms with Crippen LogP contribution in [0, 0.1) is 0 Å². The Bertz CT molecular complexity index is 860. The van der Waals surface area contributed by atoms with Gasteiger partial charge in [-0.25, -0.2) is 4.57 Å². The molecule has 0 radical (unpaired) electrons. The number of nitrogens with zero attached hydrogens (tertiary/aromatic N) is 1. The summed E-state index contributed by atoms with van der Waals surface area (Å²) in [6.07, 6.45) is 31.2. The summed E-state index contributed by atoms with van der Waals surface area (Å²) < 4.78 is 34.1. The molecule has 10 heteroatoms. The van der Waals surface area contributed by atoms with Crippen LogP contribution in [0.5, 0.6) is 0 Å². The second-order valence-corrected chi connectivity index (χ2v) is 16.1. The Labute approximate surface area is 301 Å². The lowest BCUT2D eigenvalue weighted by Crippen LogP contribution is -2.37. The summed E-state index contributed by atoms with van der Waals surface area (Å²) in [6.45, 7) is 4.37. The van der Waals surface area contributed by atoms with E-state index < -0.39 is 26.5 Å². The standard InChI is InChI=1S/C39H76NO8P/c1-6-8-10-12-14-16-18-20-22-24-26-28-30-32-39(42)48-37(36-47-49(43,44)46-34-33-40(3,4)5)35-45-38(41)31-29-27-25-23-21-19-17-15-13-11-9-7-2/h26,28,37H,6-25,27,29-36H2,1-5H3/p+1/b28-26-. The molecule has 0 aliphatic carbocycles. The van der Waals surface area contributed by atoms with Gasteiger partial charge in [-0.3, -0.25) is 18.6 Å². The fourth-order valence-electron chi connectivity index (χ4n) is 5.38. The lowest BCUT2D eigenvalue weighted by Gasteiger charge is -2.24. The molecule has 0 aromatic heterocycles. The first-order chi connectivity index (χ1) is 23.5. The van der Waals surface area contributed by atoms with Crippen molar-refractivity contribution in [2.24, 2.45) is 0 Å². The van der Waals surface area contributed by atoms with Crippen LogP contribution in [-0.2, 0) is 32.7 Å². The molecule has 0 spiro atoms. The summed E-state index contributed by atoms with van der Waals surface area (Å²) in [7, 11) is 1.46. The van der Waals surface area contributed by atoms with Crippen LogP contribution in [0.15, 0.2) is 12.2 Å². The van der Waals surface area contributed by atoms with E-state index in [2.05, 4.69) is 19.9 Å². The lowest BCUT2D eigenvalue weighted by molar-refractivity contribution is -0.870. The number of ether oxygens (including phenoxy) is 2. The van der Waals surface area contributed by atoms with Crippen molar-refractivity contribution in [2.75, 3.05) is 47.5 Å². The number of esters is 2. The fourth-order valence-corrected chi connectivity index (χ4v) is 6.13. The van der Waals surface area contributed by atoms with Crippen LogP contribution in [0.4, 0.5) is 0 Å². The number of likely N-dealkylation sites (N-methyl/N-ethyl adjacent to an activating group) is 1. The maximum atomic E-state index is 12.6. The van der Waals surface area contributed by atoms with Crippen LogP contribution in [0.25, 0.3) is 0 Å². The second-order valence-electron chi connectivity index (χ2n) is 14.7. The van der Waals surface area contributed by atoms with E-state index in [9.17, 15) is 19.0 Å². The molecule has 0 amide bonds. The molecule has 49 heavy (non-hydrogen) atoms. The van der Waals surface area contributed by atoms with Gasteiger partial charge in [0, 0.05) is 12.8 Å². The molecule has 290 valence electrons. The minimum atomic E-state index is -4.37. The van der Waals surface area contributed by atoms with Crippen molar-refractivity contribution in [3.05, 3.63) is 12.2 Å². The molecule has 2 unspecified atom stereocenters. The summed E-state index contributed by atoms with van der Waals surface area (Å²) in [5.41, 5.74) is 0. The second kappa shape index (κ2) is 32.6. The van der Waals surface area contributed by atoms with Crippen molar-refractivity contribution in [1.29, 1.82) is 0 Å². The van der Waals surface area contributed by atoms with Crippen molar-refractivity contribution in [3.8, 4) is 0 Å². The zero-order valence-electron chi connectivity index (χ0n) is 32.4. The molecule has 1 N–H and O–H groups in total. The van der Waals surface area contributed by atoms with E-state index in [1.165, 1.54) is 109 Å². The van der Waals surface area contributed by atoms with Crippen LogP contribution >= 0.6 is 7.82 Å². The van der Waals surface area contributed by atoms with Crippen LogP contribution in [-0.4, -0.2) is 74.9 Å². The molecular weight excluding hydrogens is 641 g/mol. The zero-order chi connectivity index (χ0) is 36.5. The first-order valence-electron chi connectivity index (χ1n) is 19.9. The van der Waals surface area contributed by atoms with Crippen LogP contribution in [0.3, 0.4) is 0 Å². The highest BCUT2D eigenvalue weighted by molar-refractivity contribution is 7.47. The molecule has 9 nitrogen and oxygen atoms in total. The largest absolute Gasteiger partial charge is 0.472 e. The monoisotopic (exact) mass is 719 g/mol. The predicted octanol–water partition coefficient (Wildman–Crippen LogP) is 10.6. The molecule has 0 aliphatic rings. The molecule has 0 fully saturated rings. The normalized spacial score (nSPS) is 13.8. The molecule has 0 saturated carbocycles. The van der Waals surface area contributed by atoms with Gasteiger partial charge in [-0.2, -0.15) is 0 Å².